The minimum absolute atomic E-state index is 0.113. The van der Waals surface area contributed by atoms with Crippen LogP contribution in [0.3, 0.4) is 0 Å². The van der Waals surface area contributed by atoms with Gasteiger partial charge >= 0.3 is 0 Å². The monoisotopic (exact) mass is 362 g/mol. The molecule has 0 saturated heterocycles. The Hall–Kier alpha value is -3.21. The van der Waals surface area contributed by atoms with E-state index in [1.54, 1.807) is 12.3 Å². The van der Waals surface area contributed by atoms with E-state index in [2.05, 4.69) is 24.4 Å². The quantitative estimate of drug-likeness (QED) is 0.551. The lowest BCUT2D eigenvalue weighted by atomic mass is 10.1. The SMILES string of the molecule is Cc1ccc(CCNC(=O)c2cc3occc3n2Cc2ccccc2C)o1. The molecule has 138 valence electrons. The van der Waals surface area contributed by atoms with Crippen LogP contribution in [-0.2, 0) is 13.0 Å². The van der Waals surface area contributed by atoms with Crippen molar-refractivity contribution in [3.8, 4) is 0 Å². The first-order valence-electron chi connectivity index (χ1n) is 9.06. The Morgan fingerprint density at radius 2 is 1.96 bits per heavy atom. The van der Waals surface area contributed by atoms with E-state index in [4.69, 9.17) is 8.83 Å². The molecule has 27 heavy (non-hydrogen) atoms. The Labute approximate surface area is 157 Å². The zero-order chi connectivity index (χ0) is 18.8. The van der Waals surface area contributed by atoms with Gasteiger partial charge in [-0.3, -0.25) is 4.79 Å². The molecule has 0 aliphatic rings. The van der Waals surface area contributed by atoms with Gasteiger partial charge in [-0.2, -0.15) is 0 Å². The zero-order valence-electron chi connectivity index (χ0n) is 15.5. The molecule has 5 nitrogen and oxygen atoms in total. The standard InChI is InChI=1S/C22H22N2O3/c1-15-5-3-4-6-17(15)14-24-19-10-12-26-21(19)13-20(24)22(25)23-11-9-18-8-7-16(2)27-18/h3-8,10,12-13H,9,11,14H2,1-2H3,(H,23,25). The van der Waals surface area contributed by atoms with Crippen molar-refractivity contribution in [1.82, 2.24) is 9.88 Å². The second kappa shape index (κ2) is 7.19. The van der Waals surface area contributed by atoms with Crippen molar-refractivity contribution >= 4 is 17.0 Å². The fraction of sp³-hybridized carbons (Fsp3) is 0.227. The van der Waals surface area contributed by atoms with E-state index in [0.29, 0.717) is 25.2 Å². The molecule has 0 fully saturated rings. The fourth-order valence-electron chi connectivity index (χ4n) is 3.30. The van der Waals surface area contributed by atoms with Gasteiger partial charge in [-0.1, -0.05) is 24.3 Å². The summed E-state index contributed by atoms with van der Waals surface area (Å²) in [7, 11) is 0. The van der Waals surface area contributed by atoms with Gasteiger partial charge in [0.05, 0.1) is 11.8 Å². The molecule has 1 aromatic carbocycles. The van der Waals surface area contributed by atoms with Gasteiger partial charge in [0, 0.05) is 31.6 Å². The summed E-state index contributed by atoms with van der Waals surface area (Å²) in [5.74, 6) is 1.64. The number of nitrogens with one attached hydrogen (secondary N) is 1. The molecule has 1 N–H and O–H groups in total. The molecule has 1 amide bonds. The number of aromatic nitrogens is 1. The highest BCUT2D eigenvalue weighted by atomic mass is 16.3. The minimum Gasteiger partial charge on any atom is -0.466 e. The molecule has 0 atom stereocenters. The molecular formula is C22H22N2O3. The van der Waals surface area contributed by atoms with Gasteiger partial charge in [0.1, 0.15) is 17.2 Å². The van der Waals surface area contributed by atoms with Gasteiger partial charge in [0.15, 0.2) is 5.58 Å². The molecule has 3 aromatic heterocycles. The summed E-state index contributed by atoms with van der Waals surface area (Å²) in [5.41, 5.74) is 4.61. The van der Waals surface area contributed by atoms with E-state index in [1.165, 1.54) is 11.1 Å². The van der Waals surface area contributed by atoms with Crippen LogP contribution in [0.25, 0.3) is 11.1 Å². The van der Waals surface area contributed by atoms with Crippen LogP contribution in [0.4, 0.5) is 0 Å². The summed E-state index contributed by atoms with van der Waals surface area (Å²) in [6, 6.07) is 15.8. The van der Waals surface area contributed by atoms with Crippen molar-refractivity contribution in [3.05, 3.63) is 83.1 Å². The Bertz CT molecular complexity index is 1080. The largest absolute Gasteiger partial charge is 0.466 e. The molecule has 0 bridgehead atoms. The highest BCUT2D eigenvalue weighted by Gasteiger charge is 2.18. The van der Waals surface area contributed by atoms with E-state index >= 15 is 0 Å². The summed E-state index contributed by atoms with van der Waals surface area (Å²) >= 11 is 0. The Balaban J connectivity index is 1.54. The number of carbonyl (C=O) groups excluding carboxylic acids is 1. The maximum Gasteiger partial charge on any atom is 0.268 e. The van der Waals surface area contributed by atoms with Crippen LogP contribution in [0.1, 0.15) is 33.1 Å². The molecule has 0 unspecified atom stereocenters. The first-order chi connectivity index (χ1) is 13.1. The van der Waals surface area contributed by atoms with Crippen LogP contribution in [0.15, 0.2) is 63.6 Å². The minimum atomic E-state index is -0.113. The first kappa shape index (κ1) is 17.2. The molecule has 0 aliphatic carbocycles. The third-order valence-electron chi connectivity index (χ3n) is 4.80. The van der Waals surface area contributed by atoms with Crippen LogP contribution >= 0.6 is 0 Å². The van der Waals surface area contributed by atoms with Crippen LogP contribution in [0.2, 0.25) is 0 Å². The van der Waals surface area contributed by atoms with Crippen LogP contribution in [0, 0.1) is 13.8 Å². The second-order valence-electron chi connectivity index (χ2n) is 6.73. The number of amides is 1. The van der Waals surface area contributed by atoms with Crippen LogP contribution in [-0.4, -0.2) is 17.0 Å². The average molecular weight is 362 g/mol. The van der Waals surface area contributed by atoms with Gasteiger partial charge in [-0.15, -0.1) is 0 Å². The molecule has 5 heteroatoms. The Kier molecular flexibility index (Phi) is 4.59. The number of nitrogens with zero attached hydrogens (tertiary/aromatic N) is 1. The number of fused-ring (bicyclic) bond motifs is 1. The van der Waals surface area contributed by atoms with Crippen LogP contribution in [0.5, 0.6) is 0 Å². The van der Waals surface area contributed by atoms with Crippen molar-refractivity contribution in [2.45, 2.75) is 26.8 Å². The molecule has 0 aliphatic heterocycles. The van der Waals surface area contributed by atoms with Gasteiger partial charge in [-0.25, -0.2) is 0 Å². The molecular weight excluding hydrogens is 340 g/mol. The lowest BCUT2D eigenvalue weighted by Crippen LogP contribution is -2.28. The predicted octanol–water partition coefficient (Wildman–Crippen LogP) is 4.46. The number of carbonyl (C=O) groups is 1. The summed E-state index contributed by atoms with van der Waals surface area (Å²) in [6.45, 7) is 5.13. The van der Waals surface area contributed by atoms with Crippen molar-refractivity contribution in [2.75, 3.05) is 6.54 Å². The van der Waals surface area contributed by atoms with E-state index in [-0.39, 0.29) is 5.91 Å². The molecule has 0 saturated carbocycles. The molecule has 4 rings (SSSR count). The van der Waals surface area contributed by atoms with E-state index in [1.807, 2.05) is 41.8 Å². The maximum atomic E-state index is 12.8. The predicted molar refractivity (Wildman–Crippen MR) is 104 cm³/mol. The number of hydrogen-bond acceptors (Lipinski definition) is 3. The fourth-order valence-corrected chi connectivity index (χ4v) is 3.30. The van der Waals surface area contributed by atoms with Crippen molar-refractivity contribution in [3.63, 3.8) is 0 Å². The van der Waals surface area contributed by atoms with E-state index < -0.39 is 0 Å². The number of aryl methyl sites for hydroxylation is 2. The topological polar surface area (TPSA) is 60.3 Å². The summed E-state index contributed by atoms with van der Waals surface area (Å²) in [5, 5.41) is 2.99. The van der Waals surface area contributed by atoms with E-state index in [9.17, 15) is 4.79 Å². The third kappa shape index (κ3) is 3.53. The number of hydrogen-bond donors (Lipinski definition) is 1. The van der Waals surface area contributed by atoms with Gasteiger partial charge < -0.3 is 18.7 Å². The smallest absolute Gasteiger partial charge is 0.268 e. The van der Waals surface area contributed by atoms with Gasteiger partial charge in [0.2, 0.25) is 0 Å². The number of benzene rings is 1. The van der Waals surface area contributed by atoms with E-state index in [0.717, 1.165) is 22.6 Å². The van der Waals surface area contributed by atoms with Gasteiger partial charge in [0.25, 0.3) is 5.91 Å². The zero-order valence-corrected chi connectivity index (χ0v) is 15.5. The third-order valence-corrected chi connectivity index (χ3v) is 4.80. The summed E-state index contributed by atoms with van der Waals surface area (Å²) in [6.07, 6.45) is 2.31. The molecule has 4 aromatic rings. The van der Waals surface area contributed by atoms with Crippen LogP contribution < -0.4 is 5.32 Å². The highest BCUT2D eigenvalue weighted by molar-refractivity contribution is 5.97. The molecule has 3 heterocycles. The number of furan rings is 2. The highest BCUT2D eigenvalue weighted by Crippen LogP contribution is 2.23. The number of rotatable bonds is 6. The van der Waals surface area contributed by atoms with Crippen molar-refractivity contribution < 1.29 is 13.6 Å². The maximum absolute atomic E-state index is 12.8. The lowest BCUT2D eigenvalue weighted by Gasteiger charge is -2.12. The van der Waals surface area contributed by atoms with Crippen molar-refractivity contribution in [1.29, 1.82) is 0 Å². The second-order valence-corrected chi connectivity index (χ2v) is 6.73. The lowest BCUT2D eigenvalue weighted by molar-refractivity contribution is 0.0945. The molecule has 0 spiro atoms. The average Bonchev–Trinajstić information content (AvgIpc) is 3.34. The summed E-state index contributed by atoms with van der Waals surface area (Å²) < 4.78 is 13.1. The molecule has 0 radical (unpaired) electrons. The van der Waals surface area contributed by atoms with Crippen molar-refractivity contribution in [2.24, 2.45) is 0 Å². The first-order valence-corrected chi connectivity index (χ1v) is 9.06. The normalized spacial score (nSPS) is 11.2. The van der Waals surface area contributed by atoms with Gasteiger partial charge in [-0.05, 0) is 37.1 Å². The Morgan fingerprint density at radius 1 is 1.11 bits per heavy atom. The summed E-state index contributed by atoms with van der Waals surface area (Å²) in [4.78, 5) is 12.8. The Morgan fingerprint density at radius 3 is 2.74 bits per heavy atom.